The van der Waals surface area contributed by atoms with Gasteiger partial charge in [0.15, 0.2) is 0 Å². The van der Waals surface area contributed by atoms with Crippen molar-refractivity contribution in [2.45, 2.75) is 36.0 Å². The Balaban J connectivity index is 2.15. The van der Waals surface area contributed by atoms with E-state index in [0.717, 1.165) is 5.56 Å². The van der Waals surface area contributed by atoms with Gasteiger partial charge in [0.05, 0.1) is 5.60 Å². The van der Waals surface area contributed by atoms with Crippen LogP contribution in [0, 0.1) is 6.92 Å². The molecule has 1 aromatic heterocycles. The molecule has 7 heteroatoms. The molecule has 0 saturated carbocycles. The molecular formula is C14H24N2O3S2. The van der Waals surface area contributed by atoms with Crippen molar-refractivity contribution >= 4 is 21.4 Å². The molecule has 0 amide bonds. The minimum absolute atomic E-state index is 0.379. The second-order valence-corrected chi connectivity index (χ2v) is 9.16. The second kappa shape index (κ2) is 6.34. The van der Waals surface area contributed by atoms with E-state index in [1.54, 1.807) is 0 Å². The van der Waals surface area contributed by atoms with Gasteiger partial charge in [-0.2, -0.15) is 4.31 Å². The molecule has 1 aromatic rings. The third kappa shape index (κ3) is 3.84. The number of hydrogen-bond acceptors (Lipinski definition) is 5. The summed E-state index contributed by atoms with van der Waals surface area (Å²) < 4.78 is 27.4. The Morgan fingerprint density at radius 2 is 2.10 bits per heavy atom. The maximum atomic E-state index is 12.7. The molecule has 1 fully saturated rings. The summed E-state index contributed by atoms with van der Waals surface area (Å²) in [6.45, 7) is 3.25. The van der Waals surface area contributed by atoms with E-state index in [1.807, 2.05) is 37.4 Å². The molecule has 0 aliphatic carbocycles. The molecular weight excluding hydrogens is 308 g/mol. The van der Waals surface area contributed by atoms with Crippen LogP contribution in [-0.2, 0) is 10.0 Å². The third-order valence-corrected chi connectivity index (χ3v) is 7.44. The van der Waals surface area contributed by atoms with Gasteiger partial charge in [-0.05, 0) is 57.3 Å². The Labute approximate surface area is 131 Å². The fourth-order valence-electron chi connectivity index (χ4n) is 2.88. The van der Waals surface area contributed by atoms with Crippen molar-refractivity contribution in [3.63, 3.8) is 0 Å². The van der Waals surface area contributed by atoms with Crippen LogP contribution in [0.3, 0.4) is 0 Å². The lowest BCUT2D eigenvalue weighted by atomic mass is 9.94. The topological polar surface area (TPSA) is 60.9 Å². The minimum atomic E-state index is -3.42. The van der Waals surface area contributed by atoms with Crippen LogP contribution in [-0.4, -0.2) is 62.1 Å². The van der Waals surface area contributed by atoms with Crippen LogP contribution in [0.1, 0.15) is 24.8 Å². The summed E-state index contributed by atoms with van der Waals surface area (Å²) in [6, 6.07) is 1.83. The van der Waals surface area contributed by atoms with E-state index in [0.29, 0.717) is 43.1 Å². The zero-order valence-electron chi connectivity index (χ0n) is 12.9. The predicted molar refractivity (Wildman–Crippen MR) is 85.2 cm³/mol. The zero-order valence-corrected chi connectivity index (χ0v) is 14.5. The lowest BCUT2D eigenvalue weighted by Crippen LogP contribution is -2.41. The highest BCUT2D eigenvalue weighted by Crippen LogP contribution is 2.30. The van der Waals surface area contributed by atoms with Gasteiger partial charge in [0.2, 0.25) is 0 Å². The summed E-state index contributed by atoms with van der Waals surface area (Å²) in [5.74, 6) is 0. The molecule has 1 aliphatic rings. The van der Waals surface area contributed by atoms with Crippen LogP contribution in [0.4, 0.5) is 0 Å². The molecule has 1 N–H and O–H groups in total. The van der Waals surface area contributed by atoms with E-state index in [9.17, 15) is 13.5 Å². The molecule has 1 atom stereocenters. The molecule has 2 heterocycles. The third-order valence-electron chi connectivity index (χ3n) is 3.88. The molecule has 0 bridgehead atoms. The van der Waals surface area contributed by atoms with E-state index in [4.69, 9.17) is 0 Å². The maximum Gasteiger partial charge on any atom is 0.252 e. The van der Waals surface area contributed by atoms with Crippen LogP contribution in [0.15, 0.2) is 15.7 Å². The smallest absolute Gasteiger partial charge is 0.252 e. The van der Waals surface area contributed by atoms with Crippen LogP contribution < -0.4 is 0 Å². The average molecular weight is 332 g/mol. The Morgan fingerprint density at radius 3 is 2.67 bits per heavy atom. The van der Waals surface area contributed by atoms with Crippen molar-refractivity contribution in [2.24, 2.45) is 0 Å². The van der Waals surface area contributed by atoms with E-state index in [2.05, 4.69) is 0 Å². The lowest BCUT2D eigenvalue weighted by Gasteiger charge is -2.29. The number of nitrogens with zero attached hydrogens (tertiary/aromatic N) is 2. The quantitative estimate of drug-likeness (QED) is 0.908. The van der Waals surface area contributed by atoms with Crippen LogP contribution in [0.2, 0.25) is 0 Å². The summed E-state index contributed by atoms with van der Waals surface area (Å²) >= 11 is 1.27. The van der Waals surface area contributed by atoms with E-state index < -0.39 is 15.6 Å². The van der Waals surface area contributed by atoms with Crippen molar-refractivity contribution in [3.8, 4) is 0 Å². The van der Waals surface area contributed by atoms with Gasteiger partial charge in [0.25, 0.3) is 10.0 Å². The van der Waals surface area contributed by atoms with E-state index in [1.165, 1.54) is 15.6 Å². The van der Waals surface area contributed by atoms with E-state index in [-0.39, 0.29) is 0 Å². The Kier molecular flexibility index (Phi) is 5.10. The monoisotopic (exact) mass is 332 g/mol. The molecule has 120 valence electrons. The Hall–Kier alpha value is -0.470. The summed E-state index contributed by atoms with van der Waals surface area (Å²) in [7, 11) is 0.422. The summed E-state index contributed by atoms with van der Waals surface area (Å²) in [6.07, 6.45) is 1.81. The second-order valence-electron chi connectivity index (χ2n) is 6.11. The number of rotatable bonds is 4. The van der Waals surface area contributed by atoms with Gasteiger partial charge in [-0.15, -0.1) is 11.3 Å². The number of aryl methyl sites for hydroxylation is 1. The van der Waals surface area contributed by atoms with Gasteiger partial charge >= 0.3 is 0 Å². The molecule has 1 aliphatic heterocycles. The van der Waals surface area contributed by atoms with Crippen molar-refractivity contribution in [2.75, 3.05) is 33.7 Å². The van der Waals surface area contributed by atoms with Gasteiger partial charge in [-0.25, -0.2) is 8.42 Å². The number of likely N-dealkylation sites (N-methyl/N-ethyl adjacent to an activating group) is 1. The summed E-state index contributed by atoms with van der Waals surface area (Å²) in [4.78, 5) is 1.95. The molecule has 0 unspecified atom stereocenters. The Morgan fingerprint density at radius 1 is 1.38 bits per heavy atom. The van der Waals surface area contributed by atoms with Gasteiger partial charge in [-0.3, -0.25) is 0 Å². The maximum absolute atomic E-state index is 12.7. The fraction of sp³-hybridized carbons (Fsp3) is 0.714. The number of sulfonamides is 1. The first kappa shape index (κ1) is 16.9. The first-order valence-corrected chi connectivity index (χ1v) is 9.48. The standard InChI is InChI=1S/C14H24N2O3S2/c1-12-5-10-20-13(12)21(18,19)16-8-4-6-14(17,7-9-16)11-15(2)3/h5,10,17H,4,6-9,11H2,1-3H3/t14-/m0/s1. The highest BCUT2D eigenvalue weighted by atomic mass is 32.2. The predicted octanol–water partition coefficient (Wildman–Crippen LogP) is 1.52. The normalized spacial score (nSPS) is 25.2. The van der Waals surface area contributed by atoms with Gasteiger partial charge in [-0.1, -0.05) is 0 Å². The molecule has 21 heavy (non-hydrogen) atoms. The largest absolute Gasteiger partial charge is 0.389 e. The molecule has 5 nitrogen and oxygen atoms in total. The van der Waals surface area contributed by atoms with Crippen LogP contribution in [0.25, 0.3) is 0 Å². The molecule has 0 radical (unpaired) electrons. The van der Waals surface area contributed by atoms with Crippen molar-refractivity contribution in [1.29, 1.82) is 0 Å². The first-order valence-electron chi connectivity index (χ1n) is 7.16. The molecule has 0 aromatic carbocycles. The molecule has 0 spiro atoms. The molecule has 2 rings (SSSR count). The first-order chi connectivity index (χ1) is 9.74. The van der Waals surface area contributed by atoms with Crippen LogP contribution in [0.5, 0.6) is 0 Å². The Bertz CT molecular complexity index is 583. The molecule has 1 saturated heterocycles. The summed E-state index contributed by atoms with van der Waals surface area (Å²) in [5, 5.41) is 12.4. The number of hydrogen-bond donors (Lipinski definition) is 1. The van der Waals surface area contributed by atoms with Crippen molar-refractivity contribution < 1.29 is 13.5 Å². The van der Waals surface area contributed by atoms with E-state index >= 15 is 0 Å². The van der Waals surface area contributed by atoms with Crippen molar-refractivity contribution in [1.82, 2.24) is 9.21 Å². The van der Waals surface area contributed by atoms with Crippen LogP contribution >= 0.6 is 11.3 Å². The lowest BCUT2D eigenvalue weighted by molar-refractivity contribution is 0.00405. The van der Waals surface area contributed by atoms with Gasteiger partial charge in [0.1, 0.15) is 4.21 Å². The summed E-state index contributed by atoms with van der Waals surface area (Å²) in [5.41, 5.74) is 0.00550. The average Bonchev–Trinajstić information content (AvgIpc) is 2.69. The number of aliphatic hydroxyl groups is 1. The minimum Gasteiger partial charge on any atom is -0.389 e. The number of thiophene rings is 1. The highest BCUT2D eigenvalue weighted by molar-refractivity contribution is 7.91. The van der Waals surface area contributed by atoms with Crippen molar-refractivity contribution in [3.05, 3.63) is 17.0 Å². The van der Waals surface area contributed by atoms with Gasteiger partial charge in [0, 0.05) is 19.6 Å². The SMILES string of the molecule is Cc1ccsc1S(=O)(=O)N1CCC[C@@](O)(CN(C)C)CC1. The van der Waals surface area contributed by atoms with Gasteiger partial charge < -0.3 is 10.0 Å². The zero-order chi connectivity index (χ0) is 15.7. The highest BCUT2D eigenvalue weighted by Gasteiger charge is 2.35. The fourth-order valence-corrected chi connectivity index (χ4v) is 5.91.